The van der Waals surface area contributed by atoms with E-state index in [1.807, 2.05) is 33.8 Å². The molecule has 10 heteroatoms. The van der Waals surface area contributed by atoms with Crippen molar-refractivity contribution in [2.75, 3.05) is 18.1 Å². The Balaban J connectivity index is 1.92. The van der Waals surface area contributed by atoms with Crippen LogP contribution in [0.2, 0.25) is 5.02 Å². The number of benzene rings is 1. The van der Waals surface area contributed by atoms with E-state index in [1.165, 1.54) is 11.3 Å². The van der Waals surface area contributed by atoms with E-state index in [2.05, 4.69) is 29.5 Å². The molecule has 0 saturated carbocycles. The zero-order chi connectivity index (χ0) is 26.3. The normalized spacial score (nSPS) is 13.5. The number of halogens is 1. The number of esters is 1. The van der Waals surface area contributed by atoms with E-state index in [0.29, 0.717) is 46.8 Å². The van der Waals surface area contributed by atoms with Crippen LogP contribution in [0, 0.1) is 12.8 Å². The van der Waals surface area contributed by atoms with Crippen molar-refractivity contribution in [3.8, 4) is 10.4 Å². The number of carbonyl (C=O) groups excluding carboxylic acids is 2. The quantitative estimate of drug-likeness (QED) is 0.285. The molecule has 2 atom stereocenters. The van der Waals surface area contributed by atoms with Crippen molar-refractivity contribution in [3.63, 3.8) is 0 Å². The molecule has 1 aromatic carbocycles. The Morgan fingerprint density at radius 3 is 2.54 bits per heavy atom. The molecule has 1 heterocycles. The largest absolute Gasteiger partial charge is 0.459 e. The molecule has 0 spiro atoms. The highest BCUT2D eigenvalue weighted by molar-refractivity contribution is 7.84. The molecule has 35 heavy (non-hydrogen) atoms. The van der Waals surface area contributed by atoms with Crippen LogP contribution < -0.4 is 10.6 Å². The third kappa shape index (κ3) is 9.63. The minimum atomic E-state index is -1.21. The molecular formula is C25H36ClN3O4S2. The Hall–Kier alpha value is -1.81. The summed E-state index contributed by atoms with van der Waals surface area (Å²) in [6.45, 7) is 12.1. The van der Waals surface area contributed by atoms with Crippen molar-refractivity contribution >= 4 is 50.7 Å². The van der Waals surface area contributed by atoms with Gasteiger partial charge in [-0.2, -0.15) is 0 Å². The molecule has 194 valence electrons. The Labute approximate surface area is 219 Å². The average Bonchev–Trinajstić information content (AvgIpc) is 3.08. The molecule has 7 nitrogen and oxygen atoms in total. The Morgan fingerprint density at radius 1 is 1.26 bits per heavy atom. The number of hydrogen-bond acceptors (Lipinski definition) is 7. The maximum absolute atomic E-state index is 12.5. The zero-order valence-electron chi connectivity index (χ0n) is 21.5. The van der Waals surface area contributed by atoms with Crippen LogP contribution in [0.25, 0.3) is 10.4 Å². The Bertz CT molecular complexity index is 1060. The highest BCUT2D eigenvalue weighted by Gasteiger charge is 2.25. The van der Waals surface area contributed by atoms with Gasteiger partial charge in [0.1, 0.15) is 11.6 Å². The SMILES string of the molecule is Cc1nc(NC(=O)CCCN[C@@H](CC(C)C)C(=O)OC(C)(C)C)sc1-c1ccc(Cl)c(S(C)=O)c1. The predicted octanol–water partition coefficient (Wildman–Crippen LogP) is 5.57. The lowest BCUT2D eigenvalue weighted by molar-refractivity contribution is -0.158. The topological polar surface area (TPSA) is 97.4 Å². The van der Waals surface area contributed by atoms with Crippen LogP contribution in [0.4, 0.5) is 5.13 Å². The molecule has 0 aliphatic rings. The first kappa shape index (κ1) is 29.4. The third-order valence-electron chi connectivity index (χ3n) is 4.92. The first-order chi connectivity index (χ1) is 16.3. The van der Waals surface area contributed by atoms with Gasteiger partial charge >= 0.3 is 5.97 Å². The molecule has 0 radical (unpaired) electrons. The lowest BCUT2D eigenvalue weighted by atomic mass is 10.0. The highest BCUT2D eigenvalue weighted by atomic mass is 35.5. The van der Waals surface area contributed by atoms with Crippen molar-refractivity contribution in [1.82, 2.24) is 10.3 Å². The van der Waals surface area contributed by atoms with E-state index in [0.717, 1.165) is 16.1 Å². The van der Waals surface area contributed by atoms with Gasteiger partial charge in [0.25, 0.3) is 0 Å². The summed E-state index contributed by atoms with van der Waals surface area (Å²) in [5, 5.41) is 7.07. The smallest absolute Gasteiger partial charge is 0.323 e. The molecule has 0 fully saturated rings. The van der Waals surface area contributed by atoms with Gasteiger partial charge in [-0.25, -0.2) is 4.98 Å². The minimum Gasteiger partial charge on any atom is -0.459 e. The molecular weight excluding hydrogens is 506 g/mol. The van der Waals surface area contributed by atoms with Crippen molar-refractivity contribution in [2.24, 2.45) is 5.92 Å². The number of ether oxygens (including phenoxy) is 1. The average molecular weight is 542 g/mol. The van der Waals surface area contributed by atoms with Gasteiger partial charge in [-0.05, 0) is 70.7 Å². The fourth-order valence-electron chi connectivity index (χ4n) is 3.40. The van der Waals surface area contributed by atoms with Gasteiger partial charge in [0.05, 0.1) is 31.3 Å². The summed E-state index contributed by atoms with van der Waals surface area (Å²) in [4.78, 5) is 30.9. The lowest BCUT2D eigenvalue weighted by Gasteiger charge is -2.25. The molecule has 1 unspecified atom stereocenters. The molecule has 0 saturated heterocycles. The predicted molar refractivity (Wildman–Crippen MR) is 145 cm³/mol. The highest BCUT2D eigenvalue weighted by Crippen LogP contribution is 2.35. The molecule has 2 N–H and O–H groups in total. The van der Waals surface area contributed by atoms with E-state index in [4.69, 9.17) is 16.3 Å². The first-order valence-electron chi connectivity index (χ1n) is 11.6. The third-order valence-corrected chi connectivity index (χ3v) is 7.44. The molecule has 1 aromatic heterocycles. The van der Waals surface area contributed by atoms with E-state index >= 15 is 0 Å². The van der Waals surface area contributed by atoms with E-state index in [9.17, 15) is 13.8 Å². The van der Waals surface area contributed by atoms with Crippen molar-refractivity contribution in [1.29, 1.82) is 0 Å². The summed E-state index contributed by atoms with van der Waals surface area (Å²) in [5.74, 6) is -0.0744. The van der Waals surface area contributed by atoms with Crippen LogP contribution in [-0.2, 0) is 25.1 Å². The molecule has 0 aliphatic carbocycles. The van der Waals surface area contributed by atoms with Crippen LogP contribution in [-0.4, -0.2) is 45.5 Å². The molecule has 0 bridgehead atoms. The maximum Gasteiger partial charge on any atom is 0.323 e. The number of amides is 1. The molecule has 2 aromatic rings. The lowest BCUT2D eigenvalue weighted by Crippen LogP contribution is -2.42. The molecule has 0 aliphatic heterocycles. The van der Waals surface area contributed by atoms with Crippen LogP contribution in [0.15, 0.2) is 23.1 Å². The van der Waals surface area contributed by atoms with Crippen LogP contribution in [0.1, 0.15) is 59.6 Å². The summed E-state index contributed by atoms with van der Waals surface area (Å²) >= 11 is 7.51. The number of nitrogens with one attached hydrogen (secondary N) is 2. The second-order valence-electron chi connectivity index (χ2n) is 9.85. The van der Waals surface area contributed by atoms with E-state index in [1.54, 1.807) is 18.4 Å². The molecule has 2 rings (SSSR count). The second-order valence-corrected chi connectivity index (χ2v) is 12.6. The number of anilines is 1. The summed E-state index contributed by atoms with van der Waals surface area (Å²) in [5.41, 5.74) is 1.09. The summed E-state index contributed by atoms with van der Waals surface area (Å²) in [7, 11) is -1.21. The Kier molecular flexibility index (Phi) is 10.9. The van der Waals surface area contributed by atoms with E-state index < -0.39 is 22.4 Å². The van der Waals surface area contributed by atoms with Crippen LogP contribution >= 0.6 is 22.9 Å². The summed E-state index contributed by atoms with van der Waals surface area (Å²) < 4.78 is 17.5. The van der Waals surface area contributed by atoms with Gasteiger partial charge in [0.2, 0.25) is 5.91 Å². The second kappa shape index (κ2) is 12.9. The van der Waals surface area contributed by atoms with Crippen molar-refractivity contribution in [3.05, 3.63) is 28.9 Å². The van der Waals surface area contributed by atoms with Crippen molar-refractivity contribution in [2.45, 2.75) is 77.3 Å². The fourth-order valence-corrected chi connectivity index (χ4v) is 5.45. The molecule has 1 amide bonds. The van der Waals surface area contributed by atoms with Gasteiger partial charge in [-0.15, -0.1) is 0 Å². The van der Waals surface area contributed by atoms with Crippen molar-refractivity contribution < 1.29 is 18.5 Å². The fraction of sp³-hybridized carbons (Fsp3) is 0.560. The number of nitrogens with zero attached hydrogens (tertiary/aromatic N) is 1. The number of carbonyl (C=O) groups is 2. The zero-order valence-corrected chi connectivity index (χ0v) is 23.9. The standard InChI is InChI=1S/C25H36ClN3O4S2/c1-15(2)13-19(23(31)33-25(4,5)6)27-12-8-9-21(30)29-24-28-16(3)22(34-24)17-10-11-18(26)20(14-17)35(7)32/h10-11,14-15,19,27H,8-9,12-13H2,1-7H3,(H,28,29,30)/t19-,35?/m0/s1. The minimum absolute atomic E-state index is 0.142. The van der Waals surface area contributed by atoms with Crippen LogP contribution in [0.5, 0.6) is 0 Å². The van der Waals surface area contributed by atoms with E-state index in [-0.39, 0.29) is 11.9 Å². The monoisotopic (exact) mass is 541 g/mol. The number of rotatable bonds is 11. The number of aryl methyl sites for hydroxylation is 1. The van der Waals surface area contributed by atoms with Gasteiger partial charge in [0, 0.05) is 12.7 Å². The van der Waals surface area contributed by atoms with Gasteiger partial charge < -0.3 is 15.4 Å². The number of thiazole rings is 1. The number of hydrogen-bond donors (Lipinski definition) is 2. The van der Waals surface area contributed by atoms with Gasteiger partial charge in [-0.3, -0.25) is 13.8 Å². The van der Waals surface area contributed by atoms with Crippen LogP contribution in [0.3, 0.4) is 0 Å². The first-order valence-corrected chi connectivity index (χ1v) is 14.4. The van der Waals surface area contributed by atoms with Gasteiger partial charge in [-0.1, -0.05) is 42.9 Å². The Morgan fingerprint density at radius 2 is 1.94 bits per heavy atom. The number of aromatic nitrogens is 1. The van der Waals surface area contributed by atoms with Gasteiger partial charge in [0.15, 0.2) is 5.13 Å². The maximum atomic E-state index is 12.5. The summed E-state index contributed by atoms with van der Waals surface area (Å²) in [6.07, 6.45) is 3.12. The summed E-state index contributed by atoms with van der Waals surface area (Å²) in [6, 6.07) is 4.98.